The highest BCUT2D eigenvalue weighted by Crippen LogP contribution is 2.18. The van der Waals surface area contributed by atoms with Crippen LogP contribution in [0.15, 0.2) is 72.8 Å². The van der Waals surface area contributed by atoms with Crippen LogP contribution < -0.4 is 20.1 Å². The van der Waals surface area contributed by atoms with Gasteiger partial charge in [-0.15, -0.1) is 0 Å². The number of hydrogen-bond donors (Lipinski definition) is 2. The van der Waals surface area contributed by atoms with E-state index in [1.54, 1.807) is 37.4 Å². The Labute approximate surface area is 208 Å². The van der Waals surface area contributed by atoms with Gasteiger partial charge in [-0.1, -0.05) is 24.3 Å². The number of ether oxygens (including phenoxy) is 3. The highest BCUT2D eigenvalue weighted by atomic mass is 16.5. The van der Waals surface area contributed by atoms with Crippen molar-refractivity contribution in [2.75, 3.05) is 26.1 Å². The molecule has 186 valence electrons. The summed E-state index contributed by atoms with van der Waals surface area (Å²) in [4.78, 5) is 49.3. The maximum atomic E-state index is 12.6. The van der Waals surface area contributed by atoms with Gasteiger partial charge in [0, 0.05) is 12.0 Å². The van der Waals surface area contributed by atoms with Crippen LogP contribution in [0.1, 0.15) is 32.7 Å². The van der Waals surface area contributed by atoms with Gasteiger partial charge in [-0.05, 0) is 60.5 Å². The summed E-state index contributed by atoms with van der Waals surface area (Å²) in [5.41, 5.74) is 1.56. The second-order valence-corrected chi connectivity index (χ2v) is 7.62. The SMILES string of the molecule is COc1ccc(CCC(=O)Nc2ccccc2C(=O)OCC(=O)NC(=O)c2ccc(OC)cc2)cc1. The zero-order chi connectivity index (χ0) is 25.9. The van der Waals surface area contributed by atoms with Crippen molar-refractivity contribution in [3.05, 3.63) is 89.5 Å². The molecular weight excluding hydrogens is 464 g/mol. The van der Waals surface area contributed by atoms with E-state index >= 15 is 0 Å². The summed E-state index contributed by atoms with van der Waals surface area (Å²) >= 11 is 0. The molecule has 0 atom stereocenters. The molecule has 0 bridgehead atoms. The summed E-state index contributed by atoms with van der Waals surface area (Å²) in [5.74, 6) is -1.22. The Morgan fingerprint density at radius 3 is 2.00 bits per heavy atom. The molecule has 0 heterocycles. The van der Waals surface area contributed by atoms with Gasteiger partial charge in [-0.2, -0.15) is 0 Å². The normalized spacial score (nSPS) is 10.2. The Hall–Kier alpha value is -4.66. The Balaban J connectivity index is 1.51. The molecule has 9 heteroatoms. The van der Waals surface area contributed by atoms with E-state index in [1.165, 1.54) is 25.3 Å². The van der Waals surface area contributed by atoms with E-state index in [1.807, 2.05) is 24.3 Å². The van der Waals surface area contributed by atoms with Gasteiger partial charge in [-0.25, -0.2) is 4.79 Å². The molecule has 0 spiro atoms. The number of aryl methyl sites for hydroxylation is 1. The number of methoxy groups -OCH3 is 2. The summed E-state index contributed by atoms with van der Waals surface area (Å²) in [5, 5.41) is 4.86. The van der Waals surface area contributed by atoms with Crippen molar-refractivity contribution in [2.45, 2.75) is 12.8 Å². The number of anilines is 1. The van der Waals surface area contributed by atoms with E-state index in [0.717, 1.165) is 11.3 Å². The van der Waals surface area contributed by atoms with Crippen LogP contribution in [-0.4, -0.2) is 44.5 Å². The molecule has 0 fully saturated rings. The van der Waals surface area contributed by atoms with Crippen LogP contribution >= 0.6 is 0 Å². The van der Waals surface area contributed by atoms with Gasteiger partial charge in [-0.3, -0.25) is 19.7 Å². The lowest BCUT2D eigenvalue weighted by molar-refractivity contribution is -0.123. The van der Waals surface area contributed by atoms with E-state index in [-0.39, 0.29) is 29.1 Å². The minimum absolute atomic E-state index is 0.0876. The molecule has 2 N–H and O–H groups in total. The van der Waals surface area contributed by atoms with Crippen molar-refractivity contribution in [1.82, 2.24) is 5.32 Å². The van der Waals surface area contributed by atoms with Gasteiger partial charge in [0.2, 0.25) is 5.91 Å². The first-order chi connectivity index (χ1) is 17.4. The number of hydrogen-bond acceptors (Lipinski definition) is 7. The predicted octanol–water partition coefficient (Wildman–Crippen LogP) is 3.39. The molecule has 0 aliphatic heterocycles. The van der Waals surface area contributed by atoms with Crippen LogP contribution in [0.25, 0.3) is 0 Å². The Bertz CT molecular complexity index is 1220. The molecule has 0 radical (unpaired) electrons. The molecule has 36 heavy (non-hydrogen) atoms. The molecule has 3 amide bonds. The first-order valence-electron chi connectivity index (χ1n) is 11.1. The number of para-hydroxylation sites is 1. The number of imide groups is 1. The minimum atomic E-state index is -0.812. The fourth-order valence-electron chi connectivity index (χ4n) is 3.22. The predicted molar refractivity (Wildman–Crippen MR) is 132 cm³/mol. The van der Waals surface area contributed by atoms with Crippen molar-refractivity contribution in [3.8, 4) is 11.5 Å². The summed E-state index contributed by atoms with van der Waals surface area (Å²) < 4.78 is 15.2. The van der Waals surface area contributed by atoms with Crippen LogP contribution in [0.3, 0.4) is 0 Å². The van der Waals surface area contributed by atoms with Crippen LogP contribution in [0.5, 0.6) is 11.5 Å². The largest absolute Gasteiger partial charge is 0.497 e. The smallest absolute Gasteiger partial charge is 0.340 e. The highest BCUT2D eigenvalue weighted by molar-refractivity contribution is 6.06. The zero-order valence-electron chi connectivity index (χ0n) is 19.9. The molecular formula is C27H26N2O7. The van der Waals surface area contributed by atoms with Crippen molar-refractivity contribution in [3.63, 3.8) is 0 Å². The van der Waals surface area contributed by atoms with E-state index in [9.17, 15) is 19.2 Å². The Morgan fingerprint density at radius 2 is 1.36 bits per heavy atom. The number of rotatable bonds is 10. The third-order valence-electron chi connectivity index (χ3n) is 5.16. The molecule has 3 rings (SSSR count). The van der Waals surface area contributed by atoms with E-state index < -0.39 is 24.4 Å². The quantitative estimate of drug-likeness (QED) is 0.418. The van der Waals surface area contributed by atoms with Gasteiger partial charge in [0.1, 0.15) is 11.5 Å². The molecule has 0 saturated carbocycles. The van der Waals surface area contributed by atoms with Crippen LogP contribution in [0, 0.1) is 0 Å². The van der Waals surface area contributed by atoms with E-state index in [2.05, 4.69) is 10.6 Å². The zero-order valence-corrected chi connectivity index (χ0v) is 19.9. The van der Waals surface area contributed by atoms with Crippen molar-refractivity contribution < 1.29 is 33.4 Å². The van der Waals surface area contributed by atoms with Gasteiger partial charge < -0.3 is 19.5 Å². The standard InChI is InChI=1S/C27H26N2O7/c1-34-20-12-7-18(8-13-20)9-16-24(30)28-23-6-4-3-5-22(23)27(33)36-17-25(31)29-26(32)19-10-14-21(35-2)15-11-19/h3-8,10-15H,9,16-17H2,1-2H3,(H,28,30)(H,29,31,32). The maximum absolute atomic E-state index is 12.6. The summed E-state index contributed by atoms with van der Waals surface area (Å²) in [6.45, 7) is -0.666. The van der Waals surface area contributed by atoms with Crippen LogP contribution in [0.4, 0.5) is 5.69 Å². The number of esters is 1. The average Bonchev–Trinajstić information content (AvgIpc) is 2.91. The maximum Gasteiger partial charge on any atom is 0.340 e. The summed E-state index contributed by atoms with van der Waals surface area (Å²) in [6, 6.07) is 19.9. The third kappa shape index (κ3) is 7.42. The second-order valence-electron chi connectivity index (χ2n) is 7.62. The fourth-order valence-corrected chi connectivity index (χ4v) is 3.22. The molecule has 0 aliphatic carbocycles. The van der Waals surface area contributed by atoms with E-state index in [0.29, 0.717) is 12.2 Å². The number of carbonyl (C=O) groups is 4. The first-order valence-corrected chi connectivity index (χ1v) is 11.1. The Kier molecular flexibility index (Phi) is 9.16. The van der Waals surface area contributed by atoms with Crippen molar-refractivity contribution >= 4 is 29.4 Å². The van der Waals surface area contributed by atoms with Crippen LogP contribution in [-0.2, 0) is 20.7 Å². The molecule has 3 aromatic rings. The van der Waals surface area contributed by atoms with E-state index in [4.69, 9.17) is 14.2 Å². The lowest BCUT2D eigenvalue weighted by Gasteiger charge is -2.11. The molecule has 3 aromatic carbocycles. The fraction of sp³-hybridized carbons (Fsp3) is 0.185. The highest BCUT2D eigenvalue weighted by Gasteiger charge is 2.17. The number of benzene rings is 3. The molecule has 0 saturated heterocycles. The van der Waals surface area contributed by atoms with Gasteiger partial charge in [0.15, 0.2) is 6.61 Å². The van der Waals surface area contributed by atoms with Gasteiger partial charge >= 0.3 is 5.97 Å². The summed E-state index contributed by atoms with van der Waals surface area (Å²) in [6.07, 6.45) is 0.705. The van der Waals surface area contributed by atoms with Crippen LogP contribution in [0.2, 0.25) is 0 Å². The van der Waals surface area contributed by atoms with Gasteiger partial charge in [0.05, 0.1) is 25.5 Å². The molecule has 0 unspecified atom stereocenters. The lowest BCUT2D eigenvalue weighted by atomic mass is 10.1. The molecule has 0 aliphatic rings. The number of carbonyl (C=O) groups excluding carboxylic acids is 4. The number of nitrogens with one attached hydrogen (secondary N) is 2. The van der Waals surface area contributed by atoms with Gasteiger partial charge in [0.25, 0.3) is 11.8 Å². The molecule has 9 nitrogen and oxygen atoms in total. The number of amides is 3. The minimum Gasteiger partial charge on any atom is -0.497 e. The summed E-state index contributed by atoms with van der Waals surface area (Å²) in [7, 11) is 3.08. The topological polar surface area (TPSA) is 120 Å². The van der Waals surface area contributed by atoms with Crippen molar-refractivity contribution in [1.29, 1.82) is 0 Å². The first kappa shape index (κ1) is 26.0. The molecule has 0 aromatic heterocycles. The Morgan fingerprint density at radius 1 is 0.750 bits per heavy atom. The monoisotopic (exact) mass is 490 g/mol. The second kappa shape index (κ2) is 12.7. The average molecular weight is 491 g/mol. The lowest BCUT2D eigenvalue weighted by Crippen LogP contribution is -2.34. The third-order valence-corrected chi connectivity index (χ3v) is 5.16. The van der Waals surface area contributed by atoms with Crippen molar-refractivity contribution in [2.24, 2.45) is 0 Å².